The number of nitrogens with one attached hydrogen (secondary N) is 2. The van der Waals surface area contributed by atoms with Gasteiger partial charge in [-0.2, -0.15) is 0 Å². The molecule has 3 aromatic heterocycles. The topological polar surface area (TPSA) is 69.7 Å². The summed E-state index contributed by atoms with van der Waals surface area (Å²) in [5, 5.41) is 4.64. The van der Waals surface area contributed by atoms with Crippen LogP contribution in [-0.4, -0.2) is 39.6 Å². The Morgan fingerprint density at radius 2 is 2.19 bits per heavy atom. The van der Waals surface area contributed by atoms with E-state index in [1.165, 1.54) is 22.1 Å². The van der Waals surface area contributed by atoms with Crippen LogP contribution in [-0.2, 0) is 6.42 Å². The van der Waals surface area contributed by atoms with E-state index in [2.05, 4.69) is 55.4 Å². The molecule has 5 heterocycles. The standard InChI is InChI=1S/C20H22N6/c1-13-9-16-19(22-10-13)24-12-25-20(16)26-7-4-14(5-8-26)17-11-23-18-15(17)3-2-6-21-18/h2-4,6,11-13H,5,7-10H2,1H3,(H,21,23)(H,22,24,25). The molecule has 6 nitrogen and oxygen atoms in total. The molecule has 0 fully saturated rings. The second-order valence-corrected chi connectivity index (χ2v) is 7.24. The highest BCUT2D eigenvalue weighted by Crippen LogP contribution is 2.33. The Balaban J connectivity index is 1.44. The molecular formula is C20H22N6. The Labute approximate surface area is 152 Å². The Bertz CT molecular complexity index is 989. The molecule has 0 amide bonds. The third-order valence-electron chi connectivity index (χ3n) is 5.40. The van der Waals surface area contributed by atoms with E-state index in [0.717, 1.165) is 49.8 Å². The molecule has 0 saturated heterocycles. The van der Waals surface area contributed by atoms with Crippen LogP contribution in [0.4, 0.5) is 11.6 Å². The maximum absolute atomic E-state index is 4.62. The molecule has 0 saturated carbocycles. The number of fused-ring (bicyclic) bond motifs is 2. The fourth-order valence-corrected chi connectivity index (χ4v) is 4.04. The van der Waals surface area contributed by atoms with Gasteiger partial charge in [-0.25, -0.2) is 15.0 Å². The number of anilines is 2. The number of H-pyrrole nitrogens is 1. The molecule has 2 aliphatic rings. The van der Waals surface area contributed by atoms with Crippen molar-refractivity contribution in [3.63, 3.8) is 0 Å². The summed E-state index contributed by atoms with van der Waals surface area (Å²) in [7, 11) is 0. The van der Waals surface area contributed by atoms with Crippen molar-refractivity contribution in [3.05, 3.63) is 48.1 Å². The molecule has 0 spiro atoms. The minimum absolute atomic E-state index is 0.613. The summed E-state index contributed by atoms with van der Waals surface area (Å²) < 4.78 is 0. The van der Waals surface area contributed by atoms with Crippen molar-refractivity contribution in [2.24, 2.45) is 5.92 Å². The summed E-state index contributed by atoms with van der Waals surface area (Å²) in [6.07, 6.45) is 9.96. The van der Waals surface area contributed by atoms with Gasteiger partial charge in [0.2, 0.25) is 0 Å². The normalized spacial score (nSPS) is 19.8. The highest BCUT2D eigenvalue weighted by Gasteiger charge is 2.24. The van der Waals surface area contributed by atoms with E-state index in [0.29, 0.717) is 5.92 Å². The fraction of sp³-hybridized carbons (Fsp3) is 0.350. The van der Waals surface area contributed by atoms with Crippen LogP contribution in [0.25, 0.3) is 16.6 Å². The highest BCUT2D eigenvalue weighted by atomic mass is 15.2. The second kappa shape index (κ2) is 6.12. The molecule has 3 aromatic rings. The minimum Gasteiger partial charge on any atom is -0.369 e. The van der Waals surface area contributed by atoms with Gasteiger partial charge in [-0.3, -0.25) is 0 Å². The zero-order chi connectivity index (χ0) is 17.5. The van der Waals surface area contributed by atoms with Crippen LogP contribution in [0.5, 0.6) is 0 Å². The van der Waals surface area contributed by atoms with E-state index in [9.17, 15) is 0 Å². The first kappa shape index (κ1) is 15.4. The van der Waals surface area contributed by atoms with Crippen LogP contribution in [0.1, 0.15) is 24.5 Å². The van der Waals surface area contributed by atoms with Crippen LogP contribution >= 0.6 is 0 Å². The van der Waals surface area contributed by atoms with Gasteiger partial charge >= 0.3 is 0 Å². The van der Waals surface area contributed by atoms with E-state index in [4.69, 9.17) is 0 Å². The number of pyridine rings is 1. The van der Waals surface area contributed by atoms with E-state index in [1.54, 1.807) is 6.33 Å². The van der Waals surface area contributed by atoms with Crippen LogP contribution in [0, 0.1) is 5.92 Å². The zero-order valence-electron chi connectivity index (χ0n) is 14.9. The first-order chi connectivity index (χ1) is 12.8. The zero-order valence-corrected chi connectivity index (χ0v) is 14.9. The molecule has 2 N–H and O–H groups in total. The van der Waals surface area contributed by atoms with Gasteiger partial charge in [0.1, 0.15) is 23.6 Å². The number of aromatic amines is 1. The second-order valence-electron chi connectivity index (χ2n) is 7.24. The van der Waals surface area contributed by atoms with Crippen molar-refractivity contribution < 1.29 is 0 Å². The lowest BCUT2D eigenvalue weighted by Crippen LogP contribution is -2.32. The molecule has 5 rings (SSSR count). The number of aromatic nitrogens is 4. The SMILES string of the molecule is CC1CNc2ncnc(N3CC=C(c4c[nH]c5ncccc45)CC3)c2C1. The monoisotopic (exact) mass is 346 g/mol. The number of nitrogens with zero attached hydrogens (tertiary/aromatic N) is 4. The molecule has 0 bridgehead atoms. The fourth-order valence-electron chi connectivity index (χ4n) is 4.04. The Hall–Kier alpha value is -2.89. The summed E-state index contributed by atoms with van der Waals surface area (Å²) in [6, 6.07) is 4.13. The summed E-state index contributed by atoms with van der Waals surface area (Å²) in [6.45, 7) is 5.10. The molecule has 2 aliphatic heterocycles. The van der Waals surface area contributed by atoms with E-state index in [1.807, 2.05) is 12.3 Å². The maximum Gasteiger partial charge on any atom is 0.137 e. The van der Waals surface area contributed by atoms with Crippen molar-refractivity contribution >= 4 is 28.2 Å². The van der Waals surface area contributed by atoms with Crippen molar-refractivity contribution in [3.8, 4) is 0 Å². The average molecular weight is 346 g/mol. The van der Waals surface area contributed by atoms with Crippen molar-refractivity contribution in [2.75, 3.05) is 29.9 Å². The predicted octanol–water partition coefficient (Wildman–Crippen LogP) is 3.25. The lowest BCUT2D eigenvalue weighted by atomic mass is 9.96. The van der Waals surface area contributed by atoms with Crippen molar-refractivity contribution in [2.45, 2.75) is 19.8 Å². The van der Waals surface area contributed by atoms with Gasteiger partial charge in [-0.05, 0) is 36.5 Å². The summed E-state index contributed by atoms with van der Waals surface area (Å²) in [4.78, 5) is 19.1. The van der Waals surface area contributed by atoms with Gasteiger partial charge < -0.3 is 15.2 Å². The Kier molecular flexibility index (Phi) is 3.62. The minimum atomic E-state index is 0.613. The van der Waals surface area contributed by atoms with Crippen LogP contribution in [0.15, 0.2) is 36.9 Å². The van der Waals surface area contributed by atoms with E-state index >= 15 is 0 Å². The lowest BCUT2D eigenvalue weighted by Gasteiger charge is -2.32. The predicted molar refractivity (Wildman–Crippen MR) is 104 cm³/mol. The Morgan fingerprint density at radius 3 is 3.08 bits per heavy atom. The highest BCUT2D eigenvalue weighted by molar-refractivity contribution is 5.91. The molecule has 0 radical (unpaired) electrons. The lowest BCUT2D eigenvalue weighted by molar-refractivity contribution is 0.586. The number of hydrogen-bond donors (Lipinski definition) is 2. The molecular weight excluding hydrogens is 324 g/mol. The summed E-state index contributed by atoms with van der Waals surface area (Å²) >= 11 is 0. The van der Waals surface area contributed by atoms with E-state index in [-0.39, 0.29) is 0 Å². The van der Waals surface area contributed by atoms with Crippen molar-refractivity contribution in [1.82, 2.24) is 19.9 Å². The van der Waals surface area contributed by atoms with Crippen molar-refractivity contribution in [1.29, 1.82) is 0 Å². The molecule has 0 aromatic carbocycles. The molecule has 132 valence electrons. The maximum atomic E-state index is 4.62. The quantitative estimate of drug-likeness (QED) is 0.745. The van der Waals surface area contributed by atoms with Crippen LogP contribution < -0.4 is 10.2 Å². The van der Waals surface area contributed by atoms with Gasteiger partial charge in [0.15, 0.2) is 0 Å². The van der Waals surface area contributed by atoms with Gasteiger partial charge in [-0.15, -0.1) is 0 Å². The van der Waals surface area contributed by atoms with Crippen LogP contribution in [0.3, 0.4) is 0 Å². The molecule has 26 heavy (non-hydrogen) atoms. The number of hydrogen-bond acceptors (Lipinski definition) is 5. The third kappa shape index (κ3) is 2.53. The summed E-state index contributed by atoms with van der Waals surface area (Å²) in [5.41, 5.74) is 4.87. The molecule has 1 unspecified atom stereocenters. The first-order valence-corrected chi connectivity index (χ1v) is 9.24. The summed E-state index contributed by atoms with van der Waals surface area (Å²) in [5.74, 6) is 2.71. The van der Waals surface area contributed by atoms with Gasteiger partial charge in [0.05, 0.1) is 0 Å². The third-order valence-corrected chi connectivity index (χ3v) is 5.40. The number of rotatable bonds is 2. The smallest absolute Gasteiger partial charge is 0.137 e. The molecule has 1 atom stereocenters. The van der Waals surface area contributed by atoms with Crippen LogP contribution in [0.2, 0.25) is 0 Å². The average Bonchev–Trinajstić information content (AvgIpc) is 3.12. The Morgan fingerprint density at radius 1 is 1.23 bits per heavy atom. The van der Waals surface area contributed by atoms with Gasteiger partial charge in [0, 0.05) is 48.5 Å². The largest absolute Gasteiger partial charge is 0.369 e. The van der Waals surface area contributed by atoms with Gasteiger partial charge in [-0.1, -0.05) is 13.0 Å². The first-order valence-electron chi connectivity index (χ1n) is 9.24. The van der Waals surface area contributed by atoms with Gasteiger partial charge in [0.25, 0.3) is 0 Å². The molecule has 0 aliphatic carbocycles. The van der Waals surface area contributed by atoms with E-state index < -0.39 is 0 Å². The molecule has 6 heteroatoms.